The van der Waals surface area contributed by atoms with Crippen LogP contribution < -0.4 is 29.6 Å². The molecule has 1 aromatic heterocycles. The second kappa shape index (κ2) is 12.2. The van der Waals surface area contributed by atoms with Crippen molar-refractivity contribution in [2.45, 2.75) is 0 Å². The standard InChI is InChI=1S/C7H6N2.C2H6OS.4ClH.Na.Ru/c1-2-4-7-6(3-1)5-8-9-7;1-4(2)3;;;;;;/h1-5H,(H,8,9);1-2H3;4*1H;;/q;;;;;;+1;+4. The Hall–Kier alpha value is 1.62. The van der Waals surface area contributed by atoms with Crippen molar-refractivity contribution in [2.75, 3.05) is 12.5 Å². The fraction of sp³-hybridized carbons (Fsp3) is 0.222. The first-order valence-electron chi connectivity index (χ1n) is 4.41. The number of H-pyrrole nitrogens is 1. The SMILES string of the molecule is CS(C)=O.[ClH+][Ru]([ClH+])([ClH+])[ClH+].[Na+].c1ccc2[nH]ncc2c1. The average Bonchev–Trinajstić information content (AvgIpc) is 2.61. The predicted molar refractivity (Wildman–Crippen MR) is 61.7 cm³/mol. The molecule has 10 heteroatoms. The molecule has 0 aliphatic carbocycles. The maximum Gasteiger partial charge on any atom is 1.00 e. The van der Waals surface area contributed by atoms with E-state index in [9.17, 15) is 4.21 Å². The molecule has 0 aliphatic rings. The molecular weight excluding hydrogens is 450 g/mol. The summed E-state index contributed by atoms with van der Waals surface area (Å²) in [7, 11) is 14.6. The van der Waals surface area contributed by atoms with Gasteiger partial charge in [-0.3, -0.25) is 9.31 Å². The number of nitrogens with one attached hydrogen (secondary N) is 1. The van der Waals surface area contributed by atoms with Crippen LogP contribution in [0.1, 0.15) is 0 Å². The first kappa shape index (κ1) is 22.9. The van der Waals surface area contributed by atoms with Crippen LogP contribution in [0.3, 0.4) is 0 Å². The molecule has 0 amide bonds. The number of fused-ring (bicyclic) bond motifs is 1. The largest absolute Gasteiger partial charge is 1.00 e. The molecule has 0 atom stereocenters. The number of hydrogen-bond donors (Lipinski definition) is 1. The van der Waals surface area contributed by atoms with E-state index in [1.165, 1.54) is 0 Å². The predicted octanol–water partition coefficient (Wildman–Crippen LogP) is -2.51. The molecule has 2 rings (SSSR count). The van der Waals surface area contributed by atoms with E-state index in [0.29, 0.717) is 0 Å². The van der Waals surface area contributed by atoms with E-state index < -0.39 is 21.6 Å². The van der Waals surface area contributed by atoms with Crippen LogP contribution in [0.15, 0.2) is 30.5 Å². The van der Waals surface area contributed by atoms with E-state index in [0.717, 1.165) is 10.9 Å². The van der Waals surface area contributed by atoms with Gasteiger partial charge in [-0.2, -0.15) is 5.10 Å². The summed E-state index contributed by atoms with van der Waals surface area (Å²) in [5.74, 6) is 0. The molecule has 0 unspecified atom stereocenters. The van der Waals surface area contributed by atoms with Gasteiger partial charge >= 0.3 is 79.1 Å². The molecule has 19 heavy (non-hydrogen) atoms. The maximum absolute atomic E-state index is 9.56. The molecule has 0 saturated heterocycles. The van der Waals surface area contributed by atoms with Crippen LogP contribution in [-0.2, 0) is 21.6 Å². The monoisotopic (exact) mass is 465 g/mol. The van der Waals surface area contributed by atoms with Crippen LogP contribution in [0.2, 0.25) is 0 Å². The van der Waals surface area contributed by atoms with Crippen molar-refractivity contribution in [2.24, 2.45) is 0 Å². The molecule has 0 aliphatic heterocycles. The number of aromatic amines is 1. The van der Waals surface area contributed by atoms with Gasteiger partial charge in [0.1, 0.15) is 0 Å². The molecule has 2 aromatic rings. The Morgan fingerprint density at radius 2 is 1.58 bits per heavy atom. The van der Waals surface area contributed by atoms with Gasteiger partial charge in [0.05, 0.1) is 11.7 Å². The number of benzene rings is 1. The smallest absolute Gasteiger partial charge is 0.278 e. The molecule has 0 bridgehead atoms. The van der Waals surface area contributed by atoms with Gasteiger partial charge in [0, 0.05) is 28.7 Å². The molecule has 1 aromatic carbocycles. The van der Waals surface area contributed by atoms with Gasteiger partial charge in [0.2, 0.25) is 0 Å². The van der Waals surface area contributed by atoms with Gasteiger partial charge in [-0.1, -0.05) is 18.2 Å². The Bertz CT molecular complexity index is 454. The zero-order valence-corrected chi connectivity index (χ0v) is 18.5. The van der Waals surface area contributed by atoms with Crippen molar-refractivity contribution in [3.63, 3.8) is 0 Å². The summed E-state index contributed by atoms with van der Waals surface area (Å²) in [5, 5.41) is 7.91. The number of para-hydroxylation sites is 1. The van der Waals surface area contributed by atoms with E-state index in [2.05, 4.69) is 49.0 Å². The molecular formula is C9H16Cl4N2NaORuS+5. The van der Waals surface area contributed by atoms with Gasteiger partial charge in [-0.05, 0) is 6.07 Å². The fourth-order valence-electron chi connectivity index (χ4n) is 0.883. The minimum atomic E-state index is -2.53. The van der Waals surface area contributed by atoms with Crippen molar-refractivity contribution >= 4 is 21.7 Å². The molecule has 3 nitrogen and oxygen atoms in total. The zero-order valence-electron chi connectivity index (χ0n) is 10.6. The Kier molecular flexibility index (Phi) is 14.7. The summed E-state index contributed by atoms with van der Waals surface area (Å²) in [6, 6.07) is 8.01. The van der Waals surface area contributed by atoms with Gasteiger partial charge < -0.3 is 0 Å². The van der Waals surface area contributed by atoms with E-state index in [1.54, 1.807) is 12.5 Å². The number of halogens is 4. The van der Waals surface area contributed by atoms with E-state index >= 15 is 0 Å². The van der Waals surface area contributed by atoms with Gasteiger partial charge in [-0.15, -0.1) is 0 Å². The number of aromatic nitrogens is 2. The molecule has 0 radical (unpaired) electrons. The van der Waals surface area contributed by atoms with Crippen LogP contribution in [0.4, 0.5) is 0 Å². The second-order valence-electron chi connectivity index (χ2n) is 3.05. The zero-order chi connectivity index (χ0) is 14.2. The summed E-state index contributed by atoms with van der Waals surface area (Å²) in [6.07, 6.45) is 5.09. The van der Waals surface area contributed by atoms with Crippen molar-refractivity contribution in [3.05, 3.63) is 30.5 Å². The molecule has 0 spiro atoms. The van der Waals surface area contributed by atoms with E-state index in [1.807, 2.05) is 30.5 Å². The Morgan fingerprint density at radius 3 is 2.00 bits per heavy atom. The second-order valence-corrected chi connectivity index (χ2v) is 23.0. The van der Waals surface area contributed by atoms with E-state index in [4.69, 9.17) is 0 Å². The maximum atomic E-state index is 9.56. The number of rotatable bonds is 0. The minimum Gasteiger partial charge on any atom is -0.278 e. The molecule has 0 fully saturated rings. The third-order valence-corrected chi connectivity index (χ3v) is 1.35. The topological polar surface area (TPSA) is 45.8 Å². The first-order chi connectivity index (χ1) is 8.20. The van der Waals surface area contributed by atoms with Crippen LogP contribution in [-0.4, -0.2) is 26.9 Å². The molecule has 1 N–H and O–H groups in total. The Labute approximate surface area is 156 Å². The minimum absolute atomic E-state index is 0. The third kappa shape index (κ3) is 17.6. The average molecular weight is 466 g/mol. The summed E-state index contributed by atoms with van der Waals surface area (Å²) in [4.78, 5) is 0. The molecule has 1 heterocycles. The van der Waals surface area contributed by atoms with Gasteiger partial charge in [-0.25, -0.2) is 0 Å². The van der Waals surface area contributed by atoms with Crippen LogP contribution in [0, 0.1) is 38.8 Å². The summed E-state index contributed by atoms with van der Waals surface area (Å²) < 4.78 is 9.56. The summed E-state index contributed by atoms with van der Waals surface area (Å²) >= 11 is 0. The van der Waals surface area contributed by atoms with Crippen LogP contribution in [0.5, 0.6) is 0 Å². The third-order valence-electron chi connectivity index (χ3n) is 1.35. The van der Waals surface area contributed by atoms with Crippen molar-refractivity contribution < 1.29 is 83.3 Å². The van der Waals surface area contributed by atoms with Crippen molar-refractivity contribution in [1.82, 2.24) is 10.2 Å². The normalized spacial score (nSPS) is 10.7. The van der Waals surface area contributed by atoms with Crippen molar-refractivity contribution in [3.8, 4) is 0 Å². The van der Waals surface area contributed by atoms with Crippen LogP contribution >= 0.6 is 0 Å². The molecule has 106 valence electrons. The first-order valence-corrected chi connectivity index (χ1v) is 16.0. The Balaban J connectivity index is 0. The fourth-order valence-corrected chi connectivity index (χ4v) is 0.883. The van der Waals surface area contributed by atoms with Gasteiger partial charge in [0.25, 0.3) is 0 Å². The summed E-state index contributed by atoms with van der Waals surface area (Å²) in [5.41, 5.74) is 1.09. The summed E-state index contributed by atoms with van der Waals surface area (Å²) in [6.45, 7) is 0. The Morgan fingerprint density at radius 1 is 1.16 bits per heavy atom. The van der Waals surface area contributed by atoms with Crippen molar-refractivity contribution in [1.29, 1.82) is 0 Å². The number of nitrogens with zero attached hydrogens (tertiary/aromatic N) is 1. The van der Waals surface area contributed by atoms with E-state index in [-0.39, 0.29) is 29.6 Å². The van der Waals surface area contributed by atoms with Gasteiger partial charge in [0.15, 0.2) is 0 Å². The number of hydrogen-bond acceptors (Lipinski definition) is 2. The molecule has 0 saturated carbocycles. The van der Waals surface area contributed by atoms with Crippen LogP contribution in [0.25, 0.3) is 10.9 Å². The quantitative estimate of drug-likeness (QED) is 0.437.